The molecule has 1 N–H and O–H groups in total. The maximum atomic E-state index is 12.1. The van der Waals surface area contributed by atoms with Crippen molar-refractivity contribution in [1.82, 2.24) is 10.3 Å². The number of pyridine rings is 1. The van der Waals surface area contributed by atoms with Crippen molar-refractivity contribution < 1.29 is 9.53 Å². The van der Waals surface area contributed by atoms with E-state index in [0.717, 1.165) is 22.3 Å². The molecular formula is C17H22N2O2S. The Labute approximate surface area is 135 Å². The number of nitrogens with zero attached hydrogens (tertiary/aromatic N) is 1. The Morgan fingerprint density at radius 2 is 2.18 bits per heavy atom. The number of rotatable bonds is 7. The number of fused-ring (bicyclic) bond motifs is 1. The van der Waals surface area contributed by atoms with Crippen molar-refractivity contribution in [2.45, 2.75) is 30.5 Å². The zero-order chi connectivity index (χ0) is 15.9. The standard InChI is InChI=1S/C17H22N2O2S/c1-12-11-16(19-15-8-5-4-7-14(12)15)22-13(2)17(20)18-9-6-10-21-3/h4-5,7-8,11,13H,6,9-10H2,1-3H3,(H,18,20)/t13-/m1/s1. The van der Waals surface area contributed by atoms with Crippen molar-refractivity contribution in [2.24, 2.45) is 0 Å². The maximum Gasteiger partial charge on any atom is 0.233 e. The lowest BCUT2D eigenvalue weighted by Crippen LogP contribution is -2.32. The van der Waals surface area contributed by atoms with Crippen molar-refractivity contribution in [3.8, 4) is 0 Å². The Hall–Kier alpha value is -1.59. The summed E-state index contributed by atoms with van der Waals surface area (Å²) in [5.74, 6) is 0.0358. The Morgan fingerprint density at radius 3 is 2.95 bits per heavy atom. The maximum absolute atomic E-state index is 12.1. The number of thioether (sulfide) groups is 1. The molecule has 118 valence electrons. The van der Waals surface area contributed by atoms with E-state index in [-0.39, 0.29) is 11.2 Å². The summed E-state index contributed by atoms with van der Waals surface area (Å²) in [4.78, 5) is 16.7. The average Bonchev–Trinajstić information content (AvgIpc) is 2.51. The predicted molar refractivity (Wildman–Crippen MR) is 91.3 cm³/mol. The number of para-hydroxylation sites is 1. The van der Waals surface area contributed by atoms with Gasteiger partial charge in [0.1, 0.15) is 0 Å². The lowest BCUT2D eigenvalue weighted by molar-refractivity contribution is -0.120. The molecule has 0 radical (unpaired) electrons. The number of carbonyl (C=O) groups excluding carboxylic acids is 1. The second kappa shape index (κ2) is 8.15. The Morgan fingerprint density at radius 1 is 1.41 bits per heavy atom. The number of methoxy groups -OCH3 is 1. The monoisotopic (exact) mass is 318 g/mol. The van der Waals surface area contributed by atoms with Crippen molar-refractivity contribution in [3.63, 3.8) is 0 Å². The normalized spacial score (nSPS) is 12.3. The Bertz CT molecular complexity index is 646. The van der Waals surface area contributed by atoms with Crippen LogP contribution in [0.3, 0.4) is 0 Å². The quantitative estimate of drug-likeness (QED) is 0.629. The largest absolute Gasteiger partial charge is 0.385 e. The van der Waals surface area contributed by atoms with E-state index in [1.54, 1.807) is 7.11 Å². The van der Waals surface area contributed by atoms with E-state index in [0.29, 0.717) is 13.2 Å². The summed E-state index contributed by atoms with van der Waals surface area (Å²) < 4.78 is 4.97. The van der Waals surface area contributed by atoms with E-state index in [1.165, 1.54) is 17.3 Å². The van der Waals surface area contributed by atoms with Crippen LogP contribution >= 0.6 is 11.8 Å². The summed E-state index contributed by atoms with van der Waals surface area (Å²) in [6.45, 7) is 5.28. The van der Waals surface area contributed by atoms with Crippen LogP contribution in [-0.4, -0.2) is 36.4 Å². The summed E-state index contributed by atoms with van der Waals surface area (Å²) in [6, 6.07) is 10.1. The minimum Gasteiger partial charge on any atom is -0.385 e. The number of carbonyl (C=O) groups is 1. The molecule has 2 aromatic rings. The van der Waals surface area contributed by atoms with E-state index in [9.17, 15) is 4.79 Å². The number of aryl methyl sites for hydroxylation is 1. The third-order valence-corrected chi connectivity index (χ3v) is 4.41. The third kappa shape index (κ3) is 4.45. The fourth-order valence-electron chi connectivity index (χ4n) is 2.19. The predicted octanol–water partition coefficient (Wildman–Crippen LogP) is 3.18. The van der Waals surface area contributed by atoms with Gasteiger partial charge in [0.15, 0.2) is 0 Å². The summed E-state index contributed by atoms with van der Waals surface area (Å²) in [6.07, 6.45) is 0.826. The summed E-state index contributed by atoms with van der Waals surface area (Å²) in [5.41, 5.74) is 2.15. The second-order valence-corrected chi connectivity index (χ2v) is 6.55. The molecule has 5 heteroatoms. The minimum absolute atomic E-state index is 0.0358. The molecule has 0 aliphatic carbocycles. The smallest absolute Gasteiger partial charge is 0.233 e. The van der Waals surface area contributed by atoms with Gasteiger partial charge in [-0.1, -0.05) is 30.0 Å². The van der Waals surface area contributed by atoms with Crippen molar-refractivity contribution in [2.75, 3.05) is 20.3 Å². The molecule has 1 aromatic heterocycles. The zero-order valence-corrected chi connectivity index (χ0v) is 14.1. The number of benzene rings is 1. The first-order valence-corrected chi connectivity index (χ1v) is 8.29. The Balaban J connectivity index is 1.99. The SMILES string of the molecule is COCCCNC(=O)[C@@H](C)Sc1cc(C)c2ccccc2n1. The van der Waals surface area contributed by atoms with Crippen LogP contribution in [0.1, 0.15) is 18.9 Å². The lowest BCUT2D eigenvalue weighted by Gasteiger charge is -2.12. The van der Waals surface area contributed by atoms with E-state index >= 15 is 0 Å². The van der Waals surface area contributed by atoms with Crippen LogP contribution in [0.2, 0.25) is 0 Å². The molecule has 0 aliphatic heterocycles. The van der Waals surface area contributed by atoms with Crippen LogP contribution in [0, 0.1) is 6.92 Å². The molecule has 0 saturated heterocycles. The first-order chi connectivity index (χ1) is 10.6. The molecule has 0 fully saturated rings. The number of hydrogen-bond donors (Lipinski definition) is 1. The molecule has 1 heterocycles. The fourth-order valence-corrected chi connectivity index (χ4v) is 3.13. The highest BCUT2D eigenvalue weighted by Gasteiger charge is 2.15. The fraction of sp³-hybridized carbons (Fsp3) is 0.412. The molecule has 0 bridgehead atoms. The Kier molecular flexibility index (Phi) is 6.21. The van der Waals surface area contributed by atoms with Gasteiger partial charge in [-0.2, -0.15) is 0 Å². The lowest BCUT2D eigenvalue weighted by atomic mass is 10.1. The second-order valence-electron chi connectivity index (χ2n) is 5.19. The molecule has 1 amide bonds. The van der Waals surface area contributed by atoms with Gasteiger partial charge in [0.25, 0.3) is 0 Å². The summed E-state index contributed by atoms with van der Waals surface area (Å²) in [5, 5.41) is 4.79. The molecule has 0 saturated carbocycles. The van der Waals surface area contributed by atoms with Gasteiger partial charge in [-0.25, -0.2) is 4.98 Å². The third-order valence-electron chi connectivity index (χ3n) is 3.39. The highest BCUT2D eigenvalue weighted by atomic mass is 32.2. The van der Waals surface area contributed by atoms with Gasteiger partial charge >= 0.3 is 0 Å². The van der Waals surface area contributed by atoms with Crippen LogP contribution < -0.4 is 5.32 Å². The van der Waals surface area contributed by atoms with Gasteiger partial charge in [-0.3, -0.25) is 4.79 Å². The topological polar surface area (TPSA) is 51.2 Å². The minimum atomic E-state index is -0.171. The van der Waals surface area contributed by atoms with E-state index < -0.39 is 0 Å². The van der Waals surface area contributed by atoms with Crippen LogP contribution in [0.25, 0.3) is 10.9 Å². The van der Waals surface area contributed by atoms with E-state index in [2.05, 4.69) is 23.3 Å². The number of ether oxygens (including phenoxy) is 1. The number of hydrogen-bond acceptors (Lipinski definition) is 4. The highest BCUT2D eigenvalue weighted by Crippen LogP contribution is 2.26. The average molecular weight is 318 g/mol. The molecule has 0 unspecified atom stereocenters. The molecular weight excluding hydrogens is 296 g/mol. The highest BCUT2D eigenvalue weighted by molar-refractivity contribution is 8.00. The molecule has 1 aromatic carbocycles. The molecule has 0 aliphatic rings. The van der Waals surface area contributed by atoms with Gasteiger partial charge in [-0.15, -0.1) is 0 Å². The molecule has 22 heavy (non-hydrogen) atoms. The molecule has 2 rings (SSSR count). The van der Waals surface area contributed by atoms with Crippen LogP contribution in [0.15, 0.2) is 35.4 Å². The summed E-state index contributed by atoms with van der Waals surface area (Å²) >= 11 is 1.49. The molecule has 0 spiro atoms. The number of amides is 1. The first kappa shape index (κ1) is 16.8. The van der Waals surface area contributed by atoms with Crippen LogP contribution in [-0.2, 0) is 9.53 Å². The van der Waals surface area contributed by atoms with Crippen LogP contribution in [0.4, 0.5) is 0 Å². The van der Waals surface area contributed by atoms with Gasteiger partial charge in [-0.05, 0) is 38.0 Å². The summed E-state index contributed by atoms with van der Waals surface area (Å²) in [7, 11) is 1.66. The van der Waals surface area contributed by atoms with Gasteiger partial charge in [0.05, 0.1) is 15.8 Å². The van der Waals surface area contributed by atoms with Gasteiger partial charge in [0, 0.05) is 25.6 Å². The molecule has 1 atom stereocenters. The van der Waals surface area contributed by atoms with Gasteiger partial charge in [0.2, 0.25) is 5.91 Å². The zero-order valence-electron chi connectivity index (χ0n) is 13.3. The van der Waals surface area contributed by atoms with Crippen molar-refractivity contribution in [3.05, 3.63) is 35.9 Å². The number of aromatic nitrogens is 1. The van der Waals surface area contributed by atoms with Crippen molar-refractivity contribution in [1.29, 1.82) is 0 Å². The van der Waals surface area contributed by atoms with E-state index in [1.807, 2.05) is 31.2 Å². The van der Waals surface area contributed by atoms with Gasteiger partial charge < -0.3 is 10.1 Å². The van der Waals surface area contributed by atoms with Crippen LogP contribution in [0.5, 0.6) is 0 Å². The number of nitrogens with one attached hydrogen (secondary N) is 1. The van der Waals surface area contributed by atoms with Crippen molar-refractivity contribution >= 4 is 28.6 Å². The molecule has 4 nitrogen and oxygen atoms in total. The van der Waals surface area contributed by atoms with E-state index in [4.69, 9.17) is 4.74 Å². The first-order valence-electron chi connectivity index (χ1n) is 7.41.